The van der Waals surface area contributed by atoms with Crippen LogP contribution < -0.4 is 5.32 Å². The van der Waals surface area contributed by atoms with Gasteiger partial charge in [-0.1, -0.05) is 6.07 Å². The Labute approximate surface area is 131 Å². The molecule has 0 unspecified atom stereocenters. The molecule has 0 spiro atoms. The summed E-state index contributed by atoms with van der Waals surface area (Å²) in [4.78, 5) is 16.5. The van der Waals surface area contributed by atoms with Gasteiger partial charge in [-0.3, -0.25) is 15.1 Å². The Morgan fingerprint density at radius 3 is 2.36 bits per heavy atom. The van der Waals surface area contributed by atoms with E-state index in [0.29, 0.717) is 18.4 Å². The van der Waals surface area contributed by atoms with Crippen LogP contribution in [0.3, 0.4) is 0 Å². The molecule has 1 heterocycles. The summed E-state index contributed by atoms with van der Waals surface area (Å²) in [6.07, 6.45) is 7.58. The first-order valence-corrected chi connectivity index (χ1v) is 8.48. The molecule has 1 aromatic heterocycles. The molecule has 0 radical (unpaired) electrons. The number of carboxylic acids is 1. The van der Waals surface area contributed by atoms with E-state index in [2.05, 4.69) is 10.3 Å². The minimum Gasteiger partial charge on any atom is -0.480 e. The van der Waals surface area contributed by atoms with Gasteiger partial charge in [0, 0.05) is 18.4 Å². The summed E-state index contributed by atoms with van der Waals surface area (Å²) in [6, 6.07) is 4.03. The summed E-state index contributed by atoms with van der Waals surface area (Å²) in [6.45, 7) is 2.57. The highest BCUT2D eigenvalue weighted by Gasteiger charge is 2.61. The second-order valence-electron chi connectivity index (χ2n) is 7.64. The topological polar surface area (TPSA) is 62.2 Å². The van der Waals surface area contributed by atoms with Gasteiger partial charge >= 0.3 is 5.97 Å². The van der Waals surface area contributed by atoms with E-state index in [9.17, 15) is 9.90 Å². The van der Waals surface area contributed by atoms with Crippen LogP contribution >= 0.6 is 0 Å². The largest absolute Gasteiger partial charge is 0.480 e. The molecule has 118 valence electrons. The van der Waals surface area contributed by atoms with E-state index in [1.807, 2.05) is 25.3 Å². The van der Waals surface area contributed by atoms with Gasteiger partial charge in [-0.05, 0) is 74.3 Å². The molecule has 4 fully saturated rings. The molecule has 0 aliphatic heterocycles. The monoisotopic (exact) mass is 300 g/mol. The van der Waals surface area contributed by atoms with Crippen LogP contribution in [0.25, 0.3) is 0 Å². The number of aromatic nitrogens is 1. The molecule has 4 nitrogen and oxygen atoms in total. The summed E-state index contributed by atoms with van der Waals surface area (Å²) < 4.78 is 0. The molecule has 0 amide bonds. The Bertz CT molecular complexity index is 553. The zero-order valence-electron chi connectivity index (χ0n) is 13.1. The molecule has 4 bridgehead atoms. The van der Waals surface area contributed by atoms with Gasteiger partial charge in [0.1, 0.15) is 5.54 Å². The van der Waals surface area contributed by atoms with Crippen LogP contribution in [-0.4, -0.2) is 21.6 Å². The maximum atomic E-state index is 12.2. The van der Waals surface area contributed by atoms with Gasteiger partial charge in [-0.15, -0.1) is 0 Å². The van der Waals surface area contributed by atoms with Crippen LogP contribution in [0.2, 0.25) is 0 Å². The average Bonchev–Trinajstić information content (AvgIpc) is 2.47. The SMILES string of the molecule is Cc1ccc(CNC2(C(=O)O)C3CC4CC(C3)CC2C4)cn1. The molecule has 4 aliphatic carbocycles. The van der Waals surface area contributed by atoms with Crippen molar-refractivity contribution in [2.45, 2.75) is 51.1 Å². The van der Waals surface area contributed by atoms with E-state index in [1.54, 1.807) is 0 Å². The standard InChI is InChI=1S/C18H24N2O2/c1-11-2-3-12(9-19-11)10-20-18(17(21)22)15-5-13-4-14(7-15)8-16(18)6-13/h2-3,9,13-16,20H,4-8,10H2,1H3,(H,21,22). The zero-order valence-corrected chi connectivity index (χ0v) is 13.1. The van der Waals surface area contributed by atoms with E-state index < -0.39 is 11.5 Å². The van der Waals surface area contributed by atoms with Crippen LogP contribution in [0.1, 0.15) is 43.4 Å². The van der Waals surface area contributed by atoms with Crippen LogP contribution in [0, 0.1) is 30.6 Å². The fourth-order valence-corrected chi connectivity index (χ4v) is 5.49. The molecule has 4 saturated carbocycles. The second kappa shape index (κ2) is 5.05. The molecular weight excluding hydrogens is 276 g/mol. The lowest BCUT2D eigenvalue weighted by Gasteiger charge is -2.59. The normalized spacial score (nSPS) is 39.1. The lowest BCUT2D eigenvalue weighted by atomic mass is 9.48. The fourth-order valence-electron chi connectivity index (χ4n) is 5.49. The lowest BCUT2D eigenvalue weighted by molar-refractivity contribution is -0.165. The molecule has 5 rings (SSSR count). The summed E-state index contributed by atoms with van der Waals surface area (Å²) in [5.74, 6) is 1.52. The number of aliphatic carboxylic acids is 1. The van der Waals surface area contributed by atoms with Crippen molar-refractivity contribution in [2.24, 2.45) is 23.7 Å². The van der Waals surface area contributed by atoms with Crippen molar-refractivity contribution >= 4 is 5.97 Å². The van der Waals surface area contributed by atoms with Gasteiger partial charge in [-0.2, -0.15) is 0 Å². The first-order valence-electron chi connectivity index (χ1n) is 8.48. The quantitative estimate of drug-likeness (QED) is 0.897. The Kier molecular flexibility index (Phi) is 3.26. The highest BCUT2D eigenvalue weighted by atomic mass is 16.4. The number of hydrogen-bond acceptors (Lipinski definition) is 3. The highest BCUT2D eigenvalue weighted by molar-refractivity contribution is 5.80. The average molecular weight is 300 g/mol. The van der Waals surface area contributed by atoms with E-state index in [-0.39, 0.29) is 0 Å². The Morgan fingerprint density at radius 1 is 1.23 bits per heavy atom. The first-order chi connectivity index (χ1) is 10.6. The van der Waals surface area contributed by atoms with Gasteiger partial charge < -0.3 is 5.11 Å². The maximum absolute atomic E-state index is 12.2. The Balaban J connectivity index is 1.58. The van der Waals surface area contributed by atoms with E-state index >= 15 is 0 Å². The second-order valence-corrected chi connectivity index (χ2v) is 7.64. The molecule has 4 aliphatic rings. The zero-order chi connectivity index (χ0) is 15.3. The predicted octanol–water partition coefficient (Wildman–Crippen LogP) is 2.76. The van der Waals surface area contributed by atoms with Crippen LogP contribution in [0.5, 0.6) is 0 Å². The molecule has 1 aromatic rings. The molecular formula is C18H24N2O2. The third-order valence-electron chi connectivity index (χ3n) is 6.34. The molecule has 0 atom stereocenters. The summed E-state index contributed by atoms with van der Waals surface area (Å²) in [7, 11) is 0. The molecule has 0 aromatic carbocycles. The molecule has 0 saturated heterocycles. The van der Waals surface area contributed by atoms with Gasteiger partial charge in [0.2, 0.25) is 0 Å². The summed E-state index contributed by atoms with van der Waals surface area (Å²) >= 11 is 0. The Morgan fingerprint density at radius 2 is 1.86 bits per heavy atom. The molecule has 4 heteroatoms. The van der Waals surface area contributed by atoms with Crippen molar-refractivity contribution in [2.75, 3.05) is 0 Å². The van der Waals surface area contributed by atoms with Crippen molar-refractivity contribution in [3.63, 3.8) is 0 Å². The molecule has 2 N–H and O–H groups in total. The number of pyridine rings is 1. The summed E-state index contributed by atoms with van der Waals surface area (Å²) in [5, 5.41) is 13.5. The smallest absolute Gasteiger partial charge is 0.324 e. The highest BCUT2D eigenvalue weighted by Crippen LogP contribution is 2.58. The summed E-state index contributed by atoms with van der Waals surface area (Å²) in [5.41, 5.74) is 1.35. The minimum atomic E-state index is -0.710. The van der Waals surface area contributed by atoms with Crippen molar-refractivity contribution in [1.29, 1.82) is 0 Å². The predicted molar refractivity (Wildman–Crippen MR) is 83.2 cm³/mol. The van der Waals surface area contributed by atoms with Crippen molar-refractivity contribution in [1.82, 2.24) is 10.3 Å². The van der Waals surface area contributed by atoms with Gasteiger partial charge in [0.15, 0.2) is 0 Å². The number of rotatable bonds is 4. The third-order valence-corrected chi connectivity index (χ3v) is 6.34. The van der Waals surface area contributed by atoms with E-state index in [4.69, 9.17) is 0 Å². The minimum absolute atomic E-state index is 0.305. The number of aryl methyl sites for hydroxylation is 1. The number of carboxylic acid groups (broad SMARTS) is 1. The van der Waals surface area contributed by atoms with E-state index in [1.165, 1.54) is 6.42 Å². The van der Waals surface area contributed by atoms with Crippen LogP contribution in [0.15, 0.2) is 18.3 Å². The third kappa shape index (κ3) is 2.08. The van der Waals surface area contributed by atoms with Gasteiger partial charge in [-0.25, -0.2) is 0 Å². The van der Waals surface area contributed by atoms with Crippen molar-refractivity contribution < 1.29 is 9.90 Å². The number of carbonyl (C=O) groups is 1. The lowest BCUT2D eigenvalue weighted by Crippen LogP contribution is -2.68. The number of nitrogens with zero attached hydrogens (tertiary/aromatic N) is 1. The van der Waals surface area contributed by atoms with Crippen molar-refractivity contribution in [3.05, 3.63) is 29.6 Å². The first kappa shape index (κ1) is 14.2. The van der Waals surface area contributed by atoms with Crippen LogP contribution in [0.4, 0.5) is 0 Å². The van der Waals surface area contributed by atoms with Crippen molar-refractivity contribution in [3.8, 4) is 0 Å². The number of nitrogens with one attached hydrogen (secondary N) is 1. The number of hydrogen-bond donors (Lipinski definition) is 2. The van der Waals surface area contributed by atoms with Gasteiger partial charge in [0.25, 0.3) is 0 Å². The van der Waals surface area contributed by atoms with Crippen LogP contribution in [-0.2, 0) is 11.3 Å². The molecule has 22 heavy (non-hydrogen) atoms. The van der Waals surface area contributed by atoms with Gasteiger partial charge in [0.05, 0.1) is 0 Å². The van der Waals surface area contributed by atoms with E-state index in [0.717, 1.165) is 48.8 Å². The maximum Gasteiger partial charge on any atom is 0.324 e. The Hall–Kier alpha value is -1.42. The fraction of sp³-hybridized carbons (Fsp3) is 0.667.